The minimum atomic E-state index is 0.107. The molecule has 154 valence electrons. The fourth-order valence-corrected chi connectivity index (χ4v) is 5.27. The molecule has 1 aliphatic carbocycles. The molecule has 0 aromatic heterocycles. The number of aryl methyl sites for hydroxylation is 1. The van der Waals surface area contributed by atoms with Gasteiger partial charge in [0.25, 0.3) is 0 Å². The van der Waals surface area contributed by atoms with Gasteiger partial charge in [0.15, 0.2) is 5.17 Å². The van der Waals surface area contributed by atoms with Crippen molar-refractivity contribution in [1.82, 2.24) is 4.90 Å². The summed E-state index contributed by atoms with van der Waals surface area (Å²) in [6.07, 6.45) is 10.3. The number of amidine groups is 1. The van der Waals surface area contributed by atoms with Crippen molar-refractivity contribution < 1.29 is 4.79 Å². The molecule has 1 aliphatic heterocycles. The topological polar surface area (TPSA) is 44.7 Å². The monoisotopic (exact) mass is 401 g/mol. The molecule has 1 saturated carbocycles. The predicted octanol–water partition coefficient (Wildman–Crippen LogP) is 5.48. The lowest BCUT2D eigenvalue weighted by molar-refractivity contribution is -0.116. The third-order valence-electron chi connectivity index (χ3n) is 5.78. The molecule has 1 atom stereocenters. The smallest absolute Gasteiger partial charge is 0.226 e. The van der Waals surface area contributed by atoms with E-state index >= 15 is 0 Å². The highest BCUT2D eigenvalue weighted by Gasteiger charge is 2.32. The molecule has 1 amide bonds. The molecule has 1 N–H and O–H groups in total. The first kappa shape index (κ1) is 21.2. The van der Waals surface area contributed by atoms with Crippen molar-refractivity contribution >= 4 is 28.5 Å². The van der Waals surface area contributed by atoms with E-state index in [1.54, 1.807) is 0 Å². The van der Waals surface area contributed by atoms with Crippen LogP contribution in [0.3, 0.4) is 0 Å². The van der Waals surface area contributed by atoms with Crippen LogP contribution in [-0.2, 0) is 11.2 Å². The molecule has 1 aromatic carbocycles. The lowest BCUT2D eigenvalue weighted by Gasteiger charge is -2.27. The Morgan fingerprint density at radius 1 is 1.18 bits per heavy atom. The molecule has 4 nitrogen and oxygen atoms in total. The van der Waals surface area contributed by atoms with Crippen LogP contribution >= 0.6 is 11.8 Å². The minimum absolute atomic E-state index is 0.107. The van der Waals surface area contributed by atoms with Gasteiger partial charge in [-0.2, -0.15) is 0 Å². The molecule has 0 radical (unpaired) electrons. The second-order valence-corrected chi connectivity index (χ2v) is 9.01. The molecule has 1 unspecified atom stereocenters. The van der Waals surface area contributed by atoms with Crippen LogP contribution in [0.4, 0.5) is 5.69 Å². The number of hydrogen-bond acceptors (Lipinski definition) is 3. The number of unbranched alkanes of at least 4 members (excludes halogenated alkanes) is 1. The maximum absolute atomic E-state index is 12.7. The Hall–Kier alpha value is -1.49. The van der Waals surface area contributed by atoms with Gasteiger partial charge in [0.2, 0.25) is 5.91 Å². The van der Waals surface area contributed by atoms with Gasteiger partial charge < -0.3 is 10.2 Å². The van der Waals surface area contributed by atoms with Crippen LogP contribution in [0.5, 0.6) is 0 Å². The van der Waals surface area contributed by atoms with E-state index in [1.807, 2.05) is 23.9 Å². The number of anilines is 1. The number of rotatable bonds is 8. The van der Waals surface area contributed by atoms with Crippen LogP contribution in [0.2, 0.25) is 0 Å². The van der Waals surface area contributed by atoms with Crippen molar-refractivity contribution in [1.29, 1.82) is 0 Å². The quantitative estimate of drug-likeness (QED) is 0.627. The Morgan fingerprint density at radius 2 is 1.93 bits per heavy atom. The number of amides is 1. The SMILES string of the molecule is CCCCN1C(=NC2CCCCC2)SCC1CC(=O)Nc1ccc(CC)cc1. The predicted molar refractivity (Wildman–Crippen MR) is 121 cm³/mol. The van der Waals surface area contributed by atoms with E-state index < -0.39 is 0 Å². The van der Waals surface area contributed by atoms with Crippen LogP contribution in [-0.4, -0.2) is 40.4 Å². The van der Waals surface area contributed by atoms with Crippen LogP contribution in [0.15, 0.2) is 29.3 Å². The van der Waals surface area contributed by atoms with Gasteiger partial charge in [0.1, 0.15) is 0 Å². The highest BCUT2D eigenvalue weighted by Crippen LogP contribution is 2.30. The van der Waals surface area contributed by atoms with Gasteiger partial charge in [0.05, 0.1) is 6.04 Å². The third-order valence-corrected chi connectivity index (χ3v) is 6.93. The molecule has 2 aliphatic rings. The van der Waals surface area contributed by atoms with E-state index in [9.17, 15) is 4.79 Å². The van der Waals surface area contributed by atoms with Gasteiger partial charge >= 0.3 is 0 Å². The van der Waals surface area contributed by atoms with E-state index in [0.29, 0.717) is 12.5 Å². The highest BCUT2D eigenvalue weighted by molar-refractivity contribution is 8.14. The Morgan fingerprint density at radius 3 is 2.61 bits per heavy atom. The lowest BCUT2D eigenvalue weighted by Crippen LogP contribution is -2.38. The standard InChI is InChI=1S/C23H35N3OS/c1-3-5-15-26-21(17-28-23(26)25-19-9-7-6-8-10-19)16-22(27)24-20-13-11-18(4-2)12-14-20/h11-14,19,21H,3-10,15-17H2,1-2H3,(H,24,27). The van der Waals surface area contributed by atoms with E-state index in [2.05, 4.69) is 36.2 Å². The van der Waals surface area contributed by atoms with Crippen molar-refractivity contribution in [3.05, 3.63) is 29.8 Å². The first-order chi connectivity index (χ1) is 13.7. The Balaban J connectivity index is 1.60. The molecule has 0 spiro atoms. The van der Waals surface area contributed by atoms with E-state index in [1.165, 1.54) is 49.3 Å². The van der Waals surface area contributed by atoms with Gasteiger partial charge in [-0.1, -0.05) is 63.4 Å². The van der Waals surface area contributed by atoms with Crippen molar-refractivity contribution in [3.8, 4) is 0 Å². The molecule has 1 heterocycles. The molecule has 1 saturated heterocycles. The molecule has 3 rings (SSSR count). The molecular weight excluding hydrogens is 366 g/mol. The number of aliphatic imine (C=N–C) groups is 1. The number of carbonyl (C=O) groups excluding carboxylic acids is 1. The largest absolute Gasteiger partial charge is 0.347 e. The molecular formula is C23H35N3OS. The zero-order valence-electron chi connectivity index (χ0n) is 17.5. The van der Waals surface area contributed by atoms with Crippen LogP contribution < -0.4 is 5.32 Å². The second-order valence-electron chi connectivity index (χ2n) is 8.02. The van der Waals surface area contributed by atoms with Crippen molar-refractivity contribution in [3.63, 3.8) is 0 Å². The summed E-state index contributed by atoms with van der Waals surface area (Å²) < 4.78 is 0. The number of nitrogens with zero attached hydrogens (tertiary/aromatic N) is 2. The number of hydrogen-bond donors (Lipinski definition) is 1. The summed E-state index contributed by atoms with van der Waals surface area (Å²) in [4.78, 5) is 20.2. The fraction of sp³-hybridized carbons (Fsp3) is 0.652. The summed E-state index contributed by atoms with van der Waals surface area (Å²) in [6.45, 7) is 5.38. The van der Waals surface area contributed by atoms with Crippen molar-refractivity contribution in [2.45, 2.75) is 83.7 Å². The Bertz CT molecular complexity index is 652. The van der Waals surface area contributed by atoms with E-state index in [4.69, 9.17) is 4.99 Å². The van der Waals surface area contributed by atoms with Gasteiger partial charge in [0, 0.05) is 30.4 Å². The fourth-order valence-electron chi connectivity index (χ4n) is 4.00. The summed E-state index contributed by atoms with van der Waals surface area (Å²) in [5, 5.41) is 4.26. The van der Waals surface area contributed by atoms with Crippen LogP contribution in [0, 0.1) is 0 Å². The summed E-state index contributed by atoms with van der Waals surface area (Å²) in [6, 6.07) is 8.93. The number of carbonyl (C=O) groups is 1. The number of thioether (sulfide) groups is 1. The molecule has 1 aromatic rings. The zero-order chi connectivity index (χ0) is 19.8. The Labute approximate surface area is 174 Å². The summed E-state index contributed by atoms with van der Waals surface area (Å²) in [7, 11) is 0. The average Bonchev–Trinajstić information content (AvgIpc) is 3.08. The number of nitrogens with one attached hydrogen (secondary N) is 1. The van der Waals surface area contributed by atoms with Crippen molar-refractivity contribution in [2.75, 3.05) is 17.6 Å². The van der Waals surface area contributed by atoms with Crippen LogP contribution in [0.1, 0.15) is 70.8 Å². The summed E-state index contributed by atoms with van der Waals surface area (Å²) >= 11 is 1.85. The molecule has 5 heteroatoms. The van der Waals surface area contributed by atoms with Gasteiger partial charge in [-0.15, -0.1) is 0 Å². The normalized spacial score (nSPS) is 22.0. The van der Waals surface area contributed by atoms with Gasteiger partial charge in [-0.3, -0.25) is 9.79 Å². The molecule has 0 bridgehead atoms. The summed E-state index contributed by atoms with van der Waals surface area (Å²) in [5.41, 5.74) is 2.18. The lowest BCUT2D eigenvalue weighted by atomic mass is 9.96. The maximum atomic E-state index is 12.7. The Kier molecular flexibility index (Phi) is 8.26. The van der Waals surface area contributed by atoms with Gasteiger partial charge in [-0.05, 0) is 43.4 Å². The van der Waals surface area contributed by atoms with E-state index in [0.717, 1.165) is 30.8 Å². The minimum Gasteiger partial charge on any atom is -0.347 e. The molecule has 2 fully saturated rings. The average molecular weight is 402 g/mol. The number of benzene rings is 1. The molecule has 28 heavy (non-hydrogen) atoms. The van der Waals surface area contributed by atoms with E-state index in [-0.39, 0.29) is 11.9 Å². The zero-order valence-corrected chi connectivity index (χ0v) is 18.3. The summed E-state index contributed by atoms with van der Waals surface area (Å²) in [5.74, 6) is 1.08. The van der Waals surface area contributed by atoms with Crippen molar-refractivity contribution in [2.24, 2.45) is 4.99 Å². The van der Waals surface area contributed by atoms with Crippen LogP contribution in [0.25, 0.3) is 0 Å². The second kappa shape index (κ2) is 10.9. The first-order valence-corrected chi connectivity index (χ1v) is 12.0. The highest BCUT2D eigenvalue weighted by atomic mass is 32.2. The maximum Gasteiger partial charge on any atom is 0.226 e. The van der Waals surface area contributed by atoms with Gasteiger partial charge in [-0.25, -0.2) is 0 Å². The first-order valence-electron chi connectivity index (χ1n) is 11.1. The third kappa shape index (κ3) is 6.00.